The van der Waals surface area contributed by atoms with Gasteiger partial charge < -0.3 is 4.74 Å². The van der Waals surface area contributed by atoms with E-state index in [4.69, 9.17) is 4.74 Å². The Bertz CT molecular complexity index is 668. The minimum Gasteiger partial charge on any atom is -0.497 e. The third-order valence-corrected chi connectivity index (χ3v) is 3.25. The summed E-state index contributed by atoms with van der Waals surface area (Å²) in [6, 6.07) is 14.9. The Kier molecular flexibility index (Phi) is 4.79. The molecule has 21 heavy (non-hydrogen) atoms. The van der Waals surface area contributed by atoms with Gasteiger partial charge in [0, 0.05) is 11.1 Å². The minimum absolute atomic E-state index is 0.189. The number of Topliss-reactive ketones (excluding diaryl/α,β-unsaturated/α-hetero) is 1. The predicted octanol–water partition coefficient (Wildman–Crippen LogP) is 4.05. The maximum atomic E-state index is 12.0. The minimum atomic E-state index is -0.189. The highest BCUT2D eigenvalue weighted by molar-refractivity contribution is 6.09. The van der Waals surface area contributed by atoms with Gasteiger partial charge in [-0.3, -0.25) is 4.79 Å². The van der Waals surface area contributed by atoms with Crippen molar-refractivity contribution in [2.24, 2.45) is 0 Å². The van der Waals surface area contributed by atoms with E-state index in [-0.39, 0.29) is 5.78 Å². The summed E-state index contributed by atoms with van der Waals surface area (Å²) < 4.78 is 5.06. The average molecular weight is 278 g/mol. The number of ketones is 1. The van der Waals surface area contributed by atoms with E-state index >= 15 is 0 Å². The molecule has 0 saturated carbocycles. The van der Waals surface area contributed by atoms with Crippen molar-refractivity contribution >= 4 is 5.78 Å². The molecule has 0 atom stereocenters. The van der Waals surface area contributed by atoms with Crippen molar-refractivity contribution in [3.8, 4) is 17.6 Å². The maximum Gasteiger partial charge on any atom is 0.236 e. The summed E-state index contributed by atoms with van der Waals surface area (Å²) in [5.41, 5.74) is 2.69. The van der Waals surface area contributed by atoms with Gasteiger partial charge in [0.15, 0.2) is 0 Å². The van der Waals surface area contributed by atoms with Gasteiger partial charge in [-0.25, -0.2) is 0 Å². The summed E-state index contributed by atoms with van der Waals surface area (Å²) in [6.07, 6.45) is 0. The lowest BCUT2D eigenvalue weighted by atomic mass is 10.0. The van der Waals surface area contributed by atoms with E-state index in [1.807, 2.05) is 24.3 Å². The predicted molar refractivity (Wildman–Crippen MR) is 84.7 cm³/mol. The summed E-state index contributed by atoms with van der Waals surface area (Å²) in [6.45, 7) is 4.29. The number of hydrogen-bond donors (Lipinski definition) is 0. The molecule has 0 aliphatic rings. The highest BCUT2D eigenvalue weighted by Crippen LogP contribution is 2.14. The zero-order valence-corrected chi connectivity index (χ0v) is 12.5. The molecule has 2 nitrogen and oxygen atoms in total. The van der Waals surface area contributed by atoms with Crippen LogP contribution in [0.2, 0.25) is 0 Å². The van der Waals surface area contributed by atoms with Crippen LogP contribution in [-0.4, -0.2) is 12.9 Å². The molecule has 0 aliphatic carbocycles. The number of rotatable bonds is 3. The molecule has 2 aromatic carbocycles. The van der Waals surface area contributed by atoms with Crippen LogP contribution < -0.4 is 4.74 Å². The quantitative estimate of drug-likeness (QED) is 0.625. The van der Waals surface area contributed by atoms with E-state index < -0.39 is 0 Å². The Morgan fingerprint density at radius 2 is 1.62 bits per heavy atom. The van der Waals surface area contributed by atoms with Crippen LogP contribution in [0.5, 0.6) is 5.75 Å². The fourth-order valence-electron chi connectivity index (χ4n) is 1.89. The highest BCUT2D eigenvalue weighted by atomic mass is 16.5. The van der Waals surface area contributed by atoms with Gasteiger partial charge >= 0.3 is 0 Å². The number of carbonyl (C=O) groups is 1. The first-order valence-electron chi connectivity index (χ1n) is 6.90. The molecule has 0 aromatic heterocycles. The van der Waals surface area contributed by atoms with Crippen LogP contribution in [0.1, 0.15) is 41.3 Å². The average Bonchev–Trinajstić information content (AvgIpc) is 2.53. The summed E-state index contributed by atoms with van der Waals surface area (Å²) in [5.74, 6) is 6.61. The molecule has 0 saturated heterocycles. The molecule has 0 bridgehead atoms. The van der Waals surface area contributed by atoms with E-state index in [0.29, 0.717) is 11.5 Å². The van der Waals surface area contributed by atoms with Crippen molar-refractivity contribution in [2.45, 2.75) is 19.8 Å². The van der Waals surface area contributed by atoms with Crippen LogP contribution in [0.3, 0.4) is 0 Å². The molecule has 0 fully saturated rings. The maximum absolute atomic E-state index is 12.0. The van der Waals surface area contributed by atoms with Gasteiger partial charge in [-0.05, 0) is 53.8 Å². The second-order valence-corrected chi connectivity index (χ2v) is 5.08. The van der Waals surface area contributed by atoms with Crippen LogP contribution in [0.15, 0.2) is 48.5 Å². The third kappa shape index (κ3) is 3.97. The van der Waals surface area contributed by atoms with E-state index in [2.05, 4.69) is 25.7 Å². The molecule has 0 unspecified atom stereocenters. The van der Waals surface area contributed by atoms with E-state index in [0.717, 1.165) is 11.3 Å². The van der Waals surface area contributed by atoms with Gasteiger partial charge in [0.2, 0.25) is 5.78 Å². The van der Waals surface area contributed by atoms with Gasteiger partial charge in [0.1, 0.15) is 5.75 Å². The van der Waals surface area contributed by atoms with E-state index in [9.17, 15) is 4.79 Å². The topological polar surface area (TPSA) is 26.3 Å². The molecule has 106 valence electrons. The zero-order chi connectivity index (χ0) is 15.2. The lowest BCUT2D eigenvalue weighted by molar-refractivity contribution is 0.105. The molecular formula is C19H18O2. The molecule has 2 aromatic rings. The Morgan fingerprint density at radius 3 is 2.14 bits per heavy atom. The highest BCUT2D eigenvalue weighted by Gasteiger charge is 2.02. The van der Waals surface area contributed by atoms with E-state index in [1.54, 1.807) is 31.4 Å². The Labute approximate surface area is 125 Å². The molecular weight excluding hydrogens is 260 g/mol. The van der Waals surface area contributed by atoms with Crippen molar-refractivity contribution in [1.29, 1.82) is 0 Å². The first-order chi connectivity index (χ1) is 10.1. The molecule has 2 rings (SSSR count). The van der Waals surface area contributed by atoms with Crippen molar-refractivity contribution in [3.05, 3.63) is 65.2 Å². The first kappa shape index (κ1) is 14.9. The van der Waals surface area contributed by atoms with Crippen LogP contribution in [0, 0.1) is 11.8 Å². The van der Waals surface area contributed by atoms with E-state index in [1.165, 1.54) is 5.56 Å². The monoisotopic (exact) mass is 278 g/mol. The fraction of sp³-hybridized carbons (Fsp3) is 0.211. The summed E-state index contributed by atoms with van der Waals surface area (Å²) in [4.78, 5) is 12.0. The van der Waals surface area contributed by atoms with Gasteiger partial charge in [-0.1, -0.05) is 31.9 Å². The zero-order valence-electron chi connectivity index (χ0n) is 12.5. The second-order valence-electron chi connectivity index (χ2n) is 5.08. The van der Waals surface area contributed by atoms with Crippen molar-refractivity contribution in [2.75, 3.05) is 7.11 Å². The summed E-state index contributed by atoms with van der Waals surface area (Å²) in [7, 11) is 1.59. The lowest BCUT2D eigenvalue weighted by Gasteiger charge is -2.03. The van der Waals surface area contributed by atoms with Crippen LogP contribution in [-0.2, 0) is 0 Å². The fourth-order valence-corrected chi connectivity index (χ4v) is 1.89. The summed E-state index contributed by atoms with van der Waals surface area (Å²) >= 11 is 0. The Balaban J connectivity index is 2.11. The third-order valence-electron chi connectivity index (χ3n) is 3.25. The SMILES string of the molecule is COc1ccc(C(=O)C#Cc2ccc(C(C)C)cc2)cc1. The van der Waals surface area contributed by atoms with Gasteiger partial charge in [0.25, 0.3) is 0 Å². The molecule has 2 heteroatoms. The number of hydrogen-bond acceptors (Lipinski definition) is 2. The van der Waals surface area contributed by atoms with Gasteiger partial charge in [-0.2, -0.15) is 0 Å². The molecule has 0 radical (unpaired) electrons. The lowest BCUT2D eigenvalue weighted by Crippen LogP contribution is -1.95. The Hall–Kier alpha value is -2.53. The first-order valence-corrected chi connectivity index (χ1v) is 6.90. The van der Waals surface area contributed by atoms with Crippen LogP contribution >= 0.6 is 0 Å². The molecule has 0 aliphatic heterocycles. The summed E-state index contributed by atoms with van der Waals surface area (Å²) in [5, 5.41) is 0. The molecule has 0 spiro atoms. The van der Waals surface area contributed by atoms with Gasteiger partial charge in [0.05, 0.1) is 7.11 Å². The van der Waals surface area contributed by atoms with Crippen LogP contribution in [0.25, 0.3) is 0 Å². The smallest absolute Gasteiger partial charge is 0.236 e. The normalized spacial score (nSPS) is 9.90. The number of benzene rings is 2. The second kappa shape index (κ2) is 6.76. The van der Waals surface area contributed by atoms with Gasteiger partial charge in [-0.15, -0.1) is 0 Å². The van der Waals surface area contributed by atoms with Crippen LogP contribution in [0.4, 0.5) is 0 Å². The van der Waals surface area contributed by atoms with Crippen molar-refractivity contribution in [3.63, 3.8) is 0 Å². The van der Waals surface area contributed by atoms with Crippen molar-refractivity contribution in [1.82, 2.24) is 0 Å². The molecule has 0 heterocycles. The molecule has 0 amide bonds. The standard InChI is InChI=1S/C19H18O2/c1-14(2)16-7-4-15(5-8-16)6-13-19(20)17-9-11-18(21-3)12-10-17/h4-5,7-12,14H,1-3H3. The number of methoxy groups -OCH3 is 1. The Morgan fingerprint density at radius 1 is 1.00 bits per heavy atom. The van der Waals surface area contributed by atoms with Crippen molar-refractivity contribution < 1.29 is 9.53 Å². The molecule has 0 N–H and O–H groups in total. The number of carbonyl (C=O) groups excluding carboxylic acids is 1. The largest absolute Gasteiger partial charge is 0.497 e. The number of ether oxygens (including phenoxy) is 1.